The molecule has 0 aromatic carbocycles. The van der Waals surface area contributed by atoms with E-state index in [1.54, 1.807) is 0 Å². The number of carbonyl (C=O) groups is 2. The van der Waals surface area contributed by atoms with Crippen molar-refractivity contribution in [1.29, 1.82) is 0 Å². The van der Waals surface area contributed by atoms with Gasteiger partial charge in [0.1, 0.15) is 6.10 Å². The lowest BCUT2D eigenvalue weighted by Gasteiger charge is -2.43. The van der Waals surface area contributed by atoms with Crippen molar-refractivity contribution in [1.82, 2.24) is 0 Å². The maximum atomic E-state index is 11.2. The normalized spacial score (nSPS) is 35.9. The van der Waals surface area contributed by atoms with Gasteiger partial charge in [-0.3, -0.25) is 9.59 Å². The number of hydrogen-bond donors (Lipinski definition) is 0. The summed E-state index contributed by atoms with van der Waals surface area (Å²) in [7, 11) is 0. The largest absolute Gasteiger partial charge is 0.458 e. The molecule has 5 nitrogen and oxygen atoms in total. The van der Waals surface area contributed by atoms with Crippen molar-refractivity contribution in [3.05, 3.63) is 0 Å². The lowest BCUT2D eigenvalue weighted by Crippen LogP contribution is -2.55. The molecule has 0 aromatic rings. The minimum Gasteiger partial charge on any atom is -0.458 e. The summed E-state index contributed by atoms with van der Waals surface area (Å²) in [4.78, 5) is 22.4. The van der Waals surface area contributed by atoms with Crippen molar-refractivity contribution < 1.29 is 23.8 Å². The van der Waals surface area contributed by atoms with Crippen molar-refractivity contribution in [3.63, 3.8) is 0 Å². The zero-order valence-corrected chi connectivity index (χ0v) is 11.6. The van der Waals surface area contributed by atoms with E-state index in [0.29, 0.717) is 6.42 Å². The monoisotopic (exact) mass is 258 g/mol. The van der Waals surface area contributed by atoms with Gasteiger partial charge in [0.15, 0.2) is 6.10 Å². The highest BCUT2D eigenvalue weighted by Crippen LogP contribution is 2.31. The fraction of sp³-hybridized carbons (Fsp3) is 0.846. The quantitative estimate of drug-likeness (QED) is 0.721. The number of carbonyl (C=O) groups excluding carboxylic acids is 2. The predicted molar refractivity (Wildman–Crippen MR) is 64.9 cm³/mol. The second-order valence-corrected chi connectivity index (χ2v) is 4.80. The van der Waals surface area contributed by atoms with Crippen LogP contribution in [0.4, 0.5) is 0 Å². The molecule has 0 spiro atoms. The molecule has 3 unspecified atom stereocenters. The molecule has 5 atom stereocenters. The Bertz CT molecular complexity index is 299. The van der Waals surface area contributed by atoms with E-state index in [2.05, 4.69) is 0 Å². The second kappa shape index (κ2) is 6.18. The average molecular weight is 258 g/mol. The van der Waals surface area contributed by atoms with E-state index >= 15 is 0 Å². The van der Waals surface area contributed by atoms with Crippen LogP contribution in [0.2, 0.25) is 0 Å². The third-order valence-corrected chi connectivity index (χ3v) is 3.34. The van der Waals surface area contributed by atoms with Crippen molar-refractivity contribution in [2.24, 2.45) is 5.92 Å². The lowest BCUT2D eigenvalue weighted by molar-refractivity contribution is -0.220. The summed E-state index contributed by atoms with van der Waals surface area (Å²) < 4.78 is 16.4. The van der Waals surface area contributed by atoms with E-state index < -0.39 is 12.2 Å². The van der Waals surface area contributed by atoms with Crippen LogP contribution < -0.4 is 0 Å². The number of esters is 2. The van der Waals surface area contributed by atoms with E-state index in [-0.39, 0.29) is 30.1 Å². The molecule has 1 aliphatic rings. The Labute approximate surface area is 108 Å². The molecule has 104 valence electrons. The Hall–Kier alpha value is -1.10. The van der Waals surface area contributed by atoms with Crippen LogP contribution in [0.5, 0.6) is 0 Å². The van der Waals surface area contributed by atoms with E-state index in [4.69, 9.17) is 14.2 Å². The molecule has 0 aromatic heterocycles. The summed E-state index contributed by atoms with van der Waals surface area (Å²) in [5, 5.41) is 0. The molecule has 1 rings (SSSR count). The van der Waals surface area contributed by atoms with Crippen LogP contribution in [0.3, 0.4) is 0 Å². The minimum atomic E-state index is -0.525. The second-order valence-electron chi connectivity index (χ2n) is 4.80. The molecule has 1 saturated heterocycles. The molecule has 18 heavy (non-hydrogen) atoms. The molecule has 1 aliphatic heterocycles. The fourth-order valence-corrected chi connectivity index (χ4v) is 2.28. The smallest absolute Gasteiger partial charge is 0.303 e. The third kappa shape index (κ3) is 3.45. The number of ether oxygens (including phenoxy) is 3. The van der Waals surface area contributed by atoms with Gasteiger partial charge in [-0.2, -0.15) is 0 Å². The number of hydrogen-bond acceptors (Lipinski definition) is 5. The predicted octanol–water partition coefficient (Wildman–Crippen LogP) is 1.68. The van der Waals surface area contributed by atoms with Crippen LogP contribution in [0.25, 0.3) is 0 Å². The van der Waals surface area contributed by atoms with E-state index in [1.807, 2.05) is 20.8 Å². The van der Waals surface area contributed by atoms with Gasteiger partial charge in [-0.1, -0.05) is 13.8 Å². The number of rotatable bonds is 3. The summed E-state index contributed by atoms with van der Waals surface area (Å²) in [6.07, 6.45) is -0.537. The molecule has 0 amide bonds. The van der Waals surface area contributed by atoms with Gasteiger partial charge in [-0.25, -0.2) is 0 Å². The molecular formula is C13H22O5. The lowest BCUT2D eigenvalue weighted by atomic mass is 9.87. The van der Waals surface area contributed by atoms with Crippen molar-refractivity contribution in [2.75, 3.05) is 0 Å². The molecule has 0 aliphatic carbocycles. The fourth-order valence-electron chi connectivity index (χ4n) is 2.28. The highest BCUT2D eigenvalue weighted by atomic mass is 16.6. The third-order valence-electron chi connectivity index (χ3n) is 3.34. The van der Waals surface area contributed by atoms with Crippen molar-refractivity contribution >= 4 is 11.9 Å². The first-order chi connectivity index (χ1) is 8.36. The summed E-state index contributed by atoms with van der Waals surface area (Å²) in [6.45, 7) is 8.53. The summed E-state index contributed by atoms with van der Waals surface area (Å²) >= 11 is 0. The van der Waals surface area contributed by atoms with Gasteiger partial charge in [-0.05, 0) is 13.3 Å². The Kier molecular flexibility index (Phi) is 5.14. The van der Waals surface area contributed by atoms with Crippen LogP contribution in [-0.2, 0) is 23.8 Å². The van der Waals surface area contributed by atoms with E-state index in [1.165, 1.54) is 13.8 Å². The topological polar surface area (TPSA) is 61.8 Å². The van der Waals surface area contributed by atoms with Crippen LogP contribution in [0, 0.1) is 5.92 Å². The summed E-state index contributed by atoms with van der Waals surface area (Å²) in [5.74, 6) is -0.769. The van der Waals surface area contributed by atoms with Gasteiger partial charge in [0.2, 0.25) is 0 Å². The SMILES string of the molecule is CCC1OC(C)[C@H](C)C(OC(C)=O)[C@H]1OC(C)=O. The first-order valence-corrected chi connectivity index (χ1v) is 6.36. The van der Waals surface area contributed by atoms with Crippen LogP contribution in [0.1, 0.15) is 41.0 Å². The Balaban J connectivity index is 2.92. The Morgan fingerprint density at radius 2 is 1.56 bits per heavy atom. The van der Waals surface area contributed by atoms with E-state index in [0.717, 1.165) is 0 Å². The molecule has 0 radical (unpaired) electrons. The van der Waals surface area contributed by atoms with Crippen molar-refractivity contribution in [3.8, 4) is 0 Å². The van der Waals surface area contributed by atoms with Gasteiger partial charge >= 0.3 is 11.9 Å². The first-order valence-electron chi connectivity index (χ1n) is 6.36. The standard InChI is InChI=1S/C13H22O5/c1-6-11-13(18-10(5)15)12(17-9(4)14)7(2)8(3)16-11/h7-8,11-13H,6H2,1-5H3/t7-,8?,11?,12?,13-/m0/s1. The zero-order valence-electron chi connectivity index (χ0n) is 11.6. The highest BCUT2D eigenvalue weighted by molar-refractivity contribution is 5.67. The molecule has 1 heterocycles. The molecular weight excluding hydrogens is 236 g/mol. The molecule has 0 saturated carbocycles. The average Bonchev–Trinajstić information content (AvgIpc) is 2.27. The molecule has 5 heteroatoms. The summed E-state index contributed by atoms with van der Waals surface area (Å²) in [5.41, 5.74) is 0. The van der Waals surface area contributed by atoms with Gasteiger partial charge in [0.05, 0.1) is 12.2 Å². The summed E-state index contributed by atoms with van der Waals surface area (Å²) in [6, 6.07) is 0. The van der Waals surface area contributed by atoms with Gasteiger partial charge in [0, 0.05) is 19.8 Å². The molecule has 0 N–H and O–H groups in total. The van der Waals surface area contributed by atoms with Crippen LogP contribution >= 0.6 is 0 Å². The Morgan fingerprint density at radius 3 is 2.00 bits per heavy atom. The van der Waals surface area contributed by atoms with E-state index in [9.17, 15) is 9.59 Å². The maximum Gasteiger partial charge on any atom is 0.303 e. The highest BCUT2D eigenvalue weighted by Gasteiger charge is 2.45. The van der Waals surface area contributed by atoms with Crippen LogP contribution in [-0.4, -0.2) is 36.4 Å². The first kappa shape index (κ1) is 15.0. The van der Waals surface area contributed by atoms with Crippen molar-refractivity contribution in [2.45, 2.75) is 65.5 Å². The molecule has 1 fully saturated rings. The maximum absolute atomic E-state index is 11.2. The minimum absolute atomic E-state index is 0.0129. The van der Waals surface area contributed by atoms with Gasteiger partial charge in [0.25, 0.3) is 0 Å². The molecule has 0 bridgehead atoms. The van der Waals surface area contributed by atoms with Gasteiger partial charge < -0.3 is 14.2 Å². The van der Waals surface area contributed by atoms with Gasteiger partial charge in [-0.15, -0.1) is 0 Å². The Morgan fingerprint density at radius 1 is 1.06 bits per heavy atom. The zero-order chi connectivity index (χ0) is 13.9. The van der Waals surface area contributed by atoms with Crippen LogP contribution in [0.15, 0.2) is 0 Å².